The van der Waals surface area contributed by atoms with E-state index < -0.39 is 120 Å². The fourth-order valence-corrected chi connectivity index (χ4v) is 12.3. The summed E-state index contributed by atoms with van der Waals surface area (Å²) in [5.41, 5.74) is 0. The maximum Gasteiger partial charge on any atom is 0.335 e. The third-order valence-corrected chi connectivity index (χ3v) is 16.8. The van der Waals surface area contributed by atoms with E-state index in [1.54, 1.807) is 20.3 Å². The molecule has 21 atom stereocenters. The molecule has 71 heavy (non-hydrogen) atoms. The van der Waals surface area contributed by atoms with E-state index >= 15 is 0 Å². The first-order valence-electron chi connectivity index (χ1n) is 26.3. The number of aliphatic hydroxyl groups excluding tert-OH is 5. The number of hydrogen-bond acceptors (Lipinski definition) is 17. The molecule has 0 aromatic carbocycles. The molecule has 0 radical (unpaired) electrons. The highest BCUT2D eigenvalue weighted by atomic mass is 35.5. The third kappa shape index (κ3) is 14.1. The van der Waals surface area contributed by atoms with Crippen molar-refractivity contribution in [2.45, 2.75) is 245 Å². The number of aliphatic hydroxyl groups is 5. The maximum atomic E-state index is 13.9. The summed E-state index contributed by atoms with van der Waals surface area (Å²) in [7, 11) is 4.41. The Hall–Kier alpha value is -2.07. The minimum absolute atomic E-state index is 0.0195. The normalized spacial score (nSPS) is 45.7. The molecular formula is C53H83ClO17. The van der Waals surface area contributed by atoms with Gasteiger partial charge >= 0.3 is 11.9 Å². The Morgan fingerprint density at radius 1 is 0.803 bits per heavy atom. The van der Waals surface area contributed by atoms with Crippen molar-refractivity contribution in [3.63, 3.8) is 0 Å². The van der Waals surface area contributed by atoms with Crippen LogP contribution < -0.4 is 0 Å². The molecule has 3 spiro atoms. The molecule has 6 fully saturated rings. The lowest BCUT2D eigenvalue weighted by molar-refractivity contribution is -0.413. The molecule has 7 heterocycles. The highest BCUT2D eigenvalue weighted by Gasteiger charge is 2.61. The maximum absolute atomic E-state index is 13.9. The molecule has 18 heteroatoms. The minimum atomic E-state index is -1.34. The van der Waals surface area contributed by atoms with Crippen molar-refractivity contribution in [2.24, 2.45) is 17.8 Å². The lowest BCUT2D eigenvalue weighted by atomic mass is 9.82. The molecule has 17 nitrogen and oxygen atoms in total. The van der Waals surface area contributed by atoms with Crippen LogP contribution in [0.25, 0.3) is 0 Å². The summed E-state index contributed by atoms with van der Waals surface area (Å²) in [4.78, 5) is 25.5. The van der Waals surface area contributed by atoms with E-state index in [1.807, 2.05) is 44.2 Å². The Morgan fingerprint density at radius 2 is 1.55 bits per heavy atom. The first kappa shape index (κ1) is 56.7. The van der Waals surface area contributed by atoms with E-state index in [-0.39, 0.29) is 56.5 Å². The molecule has 0 aromatic heterocycles. The van der Waals surface area contributed by atoms with E-state index in [0.717, 1.165) is 6.42 Å². The van der Waals surface area contributed by atoms with Crippen molar-refractivity contribution < 1.29 is 82.5 Å². The van der Waals surface area contributed by atoms with Gasteiger partial charge in [0.25, 0.3) is 0 Å². The predicted octanol–water partition coefficient (Wildman–Crippen LogP) is 5.61. The summed E-state index contributed by atoms with van der Waals surface area (Å²) < 4.78 is 63.5. The van der Waals surface area contributed by atoms with Gasteiger partial charge in [0.1, 0.15) is 24.4 Å². The van der Waals surface area contributed by atoms with E-state index in [0.29, 0.717) is 70.6 Å². The predicted molar refractivity (Wildman–Crippen MR) is 259 cm³/mol. The summed E-state index contributed by atoms with van der Waals surface area (Å²) in [6.07, 6.45) is 8.23. The topological polar surface area (TPSA) is 228 Å². The van der Waals surface area contributed by atoms with Gasteiger partial charge in [-0.1, -0.05) is 51.2 Å². The molecule has 7 aliphatic rings. The SMILES string of the molecule is COC(=O)[C@H](O)CC=CC/C=C/C[C@@H]1O[C@@]23C[C@@H]1OC(=O)C[C@H]1CCC[C@@H](C[C@@H](O)C[C@H](O)C[C@H]4O[C@]5(C=C[C@@H]4C)CC[C@H](OC)[C@H](O5)[C@@H](O)[C@@H](O)[C@@H](C)CC[C@H]4O[C@@](CC[C@@H]2C)(C[C@@H](OC)[C@@H]4Cl)O3)O1. The smallest absolute Gasteiger partial charge is 0.335 e. The van der Waals surface area contributed by atoms with Crippen LogP contribution in [0.3, 0.4) is 0 Å². The zero-order valence-corrected chi connectivity index (χ0v) is 43.4. The second kappa shape index (κ2) is 25.2. The van der Waals surface area contributed by atoms with Crippen LogP contribution in [-0.4, -0.2) is 167 Å². The summed E-state index contributed by atoms with van der Waals surface area (Å²) >= 11 is 7.16. The Bertz CT molecular complexity index is 1820. The largest absolute Gasteiger partial charge is 0.467 e. The summed E-state index contributed by atoms with van der Waals surface area (Å²) in [5.74, 6) is -5.32. The first-order valence-corrected chi connectivity index (χ1v) is 26.8. The molecule has 0 unspecified atom stereocenters. The second-order valence-corrected chi connectivity index (χ2v) is 22.1. The number of methoxy groups -OCH3 is 3. The van der Waals surface area contributed by atoms with Crippen molar-refractivity contribution in [3.8, 4) is 0 Å². The Kier molecular flexibility index (Phi) is 20.1. The molecule has 6 saturated heterocycles. The van der Waals surface area contributed by atoms with E-state index in [9.17, 15) is 35.1 Å². The minimum Gasteiger partial charge on any atom is -0.467 e. The van der Waals surface area contributed by atoms with Crippen LogP contribution in [0.15, 0.2) is 36.5 Å². The molecule has 0 aliphatic carbocycles. The monoisotopic (exact) mass is 1030 g/mol. The number of fused-ring (bicyclic) bond motifs is 6. The average molecular weight is 1030 g/mol. The fraction of sp³-hybridized carbons (Fsp3) is 0.849. The van der Waals surface area contributed by atoms with Gasteiger partial charge in [0.05, 0.1) is 73.8 Å². The van der Waals surface area contributed by atoms with Crippen molar-refractivity contribution in [1.82, 2.24) is 0 Å². The Balaban J connectivity index is 1.13. The van der Waals surface area contributed by atoms with Crippen LogP contribution in [0, 0.1) is 17.8 Å². The quantitative estimate of drug-likeness (QED) is 0.108. The zero-order chi connectivity index (χ0) is 51.1. The number of halogens is 1. The van der Waals surface area contributed by atoms with Crippen molar-refractivity contribution in [1.29, 1.82) is 0 Å². The zero-order valence-electron chi connectivity index (χ0n) is 42.6. The molecule has 0 saturated carbocycles. The van der Waals surface area contributed by atoms with Gasteiger partial charge in [-0.3, -0.25) is 4.79 Å². The van der Waals surface area contributed by atoms with Gasteiger partial charge < -0.3 is 72.9 Å². The van der Waals surface area contributed by atoms with Gasteiger partial charge in [-0.15, -0.1) is 11.6 Å². The number of ether oxygens (including phenoxy) is 10. The highest BCUT2D eigenvalue weighted by Crippen LogP contribution is 2.53. The van der Waals surface area contributed by atoms with Crippen molar-refractivity contribution in [3.05, 3.63) is 36.5 Å². The Morgan fingerprint density at radius 3 is 2.31 bits per heavy atom. The summed E-state index contributed by atoms with van der Waals surface area (Å²) in [6.45, 7) is 5.94. The van der Waals surface area contributed by atoms with Gasteiger partial charge in [-0.05, 0) is 82.6 Å². The number of alkyl halides is 1. The van der Waals surface area contributed by atoms with Crippen LogP contribution in [0.5, 0.6) is 0 Å². The summed E-state index contributed by atoms with van der Waals surface area (Å²) in [6, 6.07) is 0. The van der Waals surface area contributed by atoms with Crippen LogP contribution >= 0.6 is 11.6 Å². The van der Waals surface area contributed by atoms with Crippen LogP contribution in [0.4, 0.5) is 0 Å². The molecule has 404 valence electrons. The van der Waals surface area contributed by atoms with Crippen molar-refractivity contribution >= 4 is 23.5 Å². The highest BCUT2D eigenvalue weighted by molar-refractivity contribution is 6.21. The molecule has 0 aromatic rings. The molecule has 0 amide bonds. The lowest BCUT2D eigenvalue weighted by Crippen LogP contribution is -2.61. The Labute approximate surface area is 424 Å². The summed E-state index contributed by atoms with van der Waals surface area (Å²) in [5, 5.41) is 55.7. The van der Waals surface area contributed by atoms with Crippen LogP contribution in [0.1, 0.15) is 136 Å². The number of carbonyl (C=O) groups is 2. The van der Waals surface area contributed by atoms with Gasteiger partial charge in [0, 0.05) is 64.6 Å². The van der Waals surface area contributed by atoms with Crippen LogP contribution in [-0.2, 0) is 57.0 Å². The van der Waals surface area contributed by atoms with E-state index in [4.69, 9.17) is 54.2 Å². The fourth-order valence-electron chi connectivity index (χ4n) is 11.9. The third-order valence-electron chi connectivity index (χ3n) is 16.3. The number of rotatable bonds is 9. The molecule has 5 N–H and O–H groups in total. The first-order chi connectivity index (χ1) is 33.9. The van der Waals surface area contributed by atoms with Crippen LogP contribution in [0.2, 0.25) is 0 Å². The second-order valence-electron chi connectivity index (χ2n) is 21.6. The van der Waals surface area contributed by atoms with E-state index in [2.05, 4.69) is 11.7 Å². The number of hydrogen-bond donors (Lipinski definition) is 5. The number of esters is 2. The molecule has 7 rings (SSSR count). The van der Waals surface area contributed by atoms with Gasteiger partial charge in [-0.25, -0.2) is 4.79 Å². The lowest BCUT2D eigenvalue weighted by Gasteiger charge is -2.54. The average Bonchev–Trinajstić information content (AvgIpc) is 3.68. The molecule has 7 aliphatic heterocycles. The standard InChI is InChI=1S/C53H83ClO17/c1-31-19-22-51-24-21-41(62-4)49(70-51)48(60)47(59)32(2)17-18-40-46(54)44(63-5)29-52(67-40)23-20-33(3)53(71-52)30-43(39(69-53)16-11-9-7-8-10-15-38(57)50(61)64-6)66-45(58)28-37-14-12-13-36(65-37)26-34(55)25-35(56)27-42(31)68-51/h8-11,19,22,31-44,46-49,55-57,59-60H,7,12-18,20-21,23-30H2,1-6H3/b10-8?,11-9+/t31-,32-,33-,34-,35-,36-,37+,38+,39-,40+,41-,42+,43-,44+,46+,47-,48-,49-,51-,52+,53+/m0/s1. The van der Waals surface area contributed by atoms with Gasteiger partial charge in [0.2, 0.25) is 0 Å². The number of carbonyl (C=O) groups excluding carboxylic acids is 2. The van der Waals surface area contributed by atoms with Gasteiger partial charge in [-0.2, -0.15) is 0 Å². The molecular weight excluding hydrogens is 944 g/mol. The number of allylic oxidation sites excluding steroid dienone is 2. The van der Waals surface area contributed by atoms with Gasteiger partial charge in [0.15, 0.2) is 23.5 Å². The molecule has 9 bridgehead atoms. The van der Waals surface area contributed by atoms with Crippen molar-refractivity contribution in [2.75, 3.05) is 21.3 Å². The van der Waals surface area contributed by atoms with E-state index in [1.165, 1.54) is 7.11 Å².